The lowest BCUT2D eigenvalue weighted by molar-refractivity contribution is -0.130. The van der Waals surface area contributed by atoms with E-state index in [1.807, 2.05) is 6.92 Å². The molecule has 1 rings (SSSR count). The number of nitrogens with one attached hydrogen (secondary N) is 1. The van der Waals surface area contributed by atoms with E-state index in [-0.39, 0.29) is 11.9 Å². The third kappa shape index (κ3) is 1.70. The van der Waals surface area contributed by atoms with Gasteiger partial charge in [-0.2, -0.15) is 0 Å². The lowest BCUT2D eigenvalue weighted by Crippen LogP contribution is -2.43. The third-order valence-electron chi connectivity index (χ3n) is 2.36. The van der Waals surface area contributed by atoms with Gasteiger partial charge < -0.3 is 5.32 Å². The summed E-state index contributed by atoms with van der Waals surface area (Å²) in [5.74, 6) is -0.126. The Balaban J connectivity index is 2.81. The smallest absolute Gasteiger partial charge is 0.323 e. The number of halogens is 1. The Kier molecular flexibility index (Phi) is 2.95. The van der Waals surface area contributed by atoms with Crippen molar-refractivity contribution in [1.29, 1.82) is 0 Å². The summed E-state index contributed by atoms with van der Waals surface area (Å²) in [4.78, 5) is 24.3. The minimum Gasteiger partial charge on any atom is -0.323 e. The number of hydrogen-bond donors (Lipinski definition) is 1. The zero-order valence-electron chi connectivity index (χ0n) is 7.76. The molecule has 1 saturated heterocycles. The van der Waals surface area contributed by atoms with Gasteiger partial charge in [0.25, 0.3) is 5.91 Å². The van der Waals surface area contributed by atoms with Crippen molar-refractivity contribution in [2.24, 2.45) is 0 Å². The van der Waals surface area contributed by atoms with Crippen molar-refractivity contribution < 1.29 is 9.59 Å². The number of imide groups is 1. The molecule has 1 aliphatic heterocycles. The lowest BCUT2D eigenvalue weighted by atomic mass is 10.00. The minimum absolute atomic E-state index is 0.126. The Morgan fingerprint density at radius 1 is 1.54 bits per heavy atom. The van der Waals surface area contributed by atoms with Crippen molar-refractivity contribution in [3.05, 3.63) is 0 Å². The average Bonchev–Trinajstić information content (AvgIpc) is 2.31. The highest BCUT2D eigenvalue weighted by Gasteiger charge is 2.45. The van der Waals surface area contributed by atoms with Gasteiger partial charge in [0.1, 0.15) is 5.54 Å². The summed E-state index contributed by atoms with van der Waals surface area (Å²) < 4.78 is 0. The minimum atomic E-state index is -0.695. The quantitative estimate of drug-likeness (QED) is 0.601. The van der Waals surface area contributed by atoms with Crippen LogP contribution in [0.4, 0.5) is 4.79 Å². The fraction of sp³-hybridized carbons (Fsp3) is 0.750. The fourth-order valence-electron chi connectivity index (χ4n) is 1.27. The van der Waals surface area contributed by atoms with E-state index in [9.17, 15) is 9.59 Å². The number of nitrogens with zero attached hydrogens (tertiary/aromatic N) is 1. The van der Waals surface area contributed by atoms with Crippen LogP contribution in [0, 0.1) is 0 Å². The van der Waals surface area contributed by atoms with Crippen LogP contribution in [-0.4, -0.2) is 34.3 Å². The predicted octanol–water partition coefficient (Wildman–Crippen LogP) is 1.10. The van der Waals surface area contributed by atoms with E-state index in [0.29, 0.717) is 18.3 Å². The van der Waals surface area contributed by atoms with Crippen LogP contribution in [0.5, 0.6) is 0 Å². The first-order valence-corrected chi connectivity index (χ1v) is 5.37. The summed E-state index contributed by atoms with van der Waals surface area (Å²) in [6.45, 7) is 4.07. The van der Waals surface area contributed by atoms with Crippen molar-refractivity contribution in [3.63, 3.8) is 0 Å². The highest BCUT2D eigenvalue weighted by molar-refractivity contribution is 9.09. The highest BCUT2D eigenvalue weighted by atomic mass is 79.9. The summed E-state index contributed by atoms with van der Waals surface area (Å²) in [7, 11) is 0. The highest BCUT2D eigenvalue weighted by Crippen LogP contribution is 2.20. The number of carbonyl (C=O) groups excluding carboxylic acids is 2. The van der Waals surface area contributed by atoms with E-state index in [2.05, 4.69) is 21.2 Å². The van der Waals surface area contributed by atoms with E-state index in [1.54, 1.807) is 6.92 Å². The summed E-state index contributed by atoms with van der Waals surface area (Å²) in [5, 5.41) is 3.30. The first-order chi connectivity index (χ1) is 6.05. The molecule has 5 heteroatoms. The molecule has 0 saturated carbocycles. The van der Waals surface area contributed by atoms with Crippen LogP contribution in [0.3, 0.4) is 0 Å². The van der Waals surface area contributed by atoms with Gasteiger partial charge in [0.05, 0.1) is 0 Å². The Morgan fingerprint density at radius 2 is 2.15 bits per heavy atom. The normalized spacial score (nSPS) is 28.1. The molecule has 0 radical (unpaired) electrons. The molecule has 13 heavy (non-hydrogen) atoms. The second kappa shape index (κ2) is 3.65. The molecule has 0 spiro atoms. The van der Waals surface area contributed by atoms with Crippen molar-refractivity contribution in [2.75, 3.05) is 11.9 Å². The van der Waals surface area contributed by atoms with Gasteiger partial charge in [0, 0.05) is 11.9 Å². The summed E-state index contributed by atoms with van der Waals surface area (Å²) >= 11 is 3.20. The molecule has 1 fully saturated rings. The first-order valence-electron chi connectivity index (χ1n) is 4.25. The maximum atomic E-state index is 11.7. The average molecular weight is 249 g/mol. The second-order valence-corrected chi connectivity index (χ2v) is 4.05. The zero-order valence-corrected chi connectivity index (χ0v) is 9.35. The molecule has 4 nitrogen and oxygen atoms in total. The van der Waals surface area contributed by atoms with Gasteiger partial charge in [0.2, 0.25) is 0 Å². The van der Waals surface area contributed by atoms with E-state index in [0.717, 1.165) is 0 Å². The lowest BCUT2D eigenvalue weighted by Gasteiger charge is -2.18. The van der Waals surface area contributed by atoms with E-state index >= 15 is 0 Å². The zero-order chi connectivity index (χ0) is 10.1. The van der Waals surface area contributed by atoms with Crippen molar-refractivity contribution in [3.8, 4) is 0 Å². The van der Waals surface area contributed by atoms with Crippen LogP contribution >= 0.6 is 15.9 Å². The number of hydrogen-bond acceptors (Lipinski definition) is 2. The molecule has 0 aromatic carbocycles. The molecule has 0 aromatic rings. The van der Waals surface area contributed by atoms with Gasteiger partial charge in [-0.25, -0.2) is 4.79 Å². The Bertz CT molecular complexity index is 244. The number of amides is 3. The van der Waals surface area contributed by atoms with Crippen molar-refractivity contribution in [2.45, 2.75) is 25.8 Å². The van der Waals surface area contributed by atoms with Crippen molar-refractivity contribution >= 4 is 27.9 Å². The maximum absolute atomic E-state index is 11.7. The molecule has 1 N–H and O–H groups in total. The molecule has 74 valence electrons. The van der Waals surface area contributed by atoms with Gasteiger partial charge in [0.15, 0.2) is 0 Å². The Morgan fingerprint density at radius 3 is 2.54 bits per heavy atom. The van der Waals surface area contributed by atoms with Crippen LogP contribution in [0.15, 0.2) is 0 Å². The second-order valence-electron chi connectivity index (χ2n) is 3.26. The Hall–Kier alpha value is -0.580. The maximum Gasteiger partial charge on any atom is 0.325 e. The largest absolute Gasteiger partial charge is 0.325 e. The predicted molar refractivity (Wildman–Crippen MR) is 52.7 cm³/mol. The Labute approximate surface area is 85.8 Å². The number of alkyl halides is 1. The fourth-order valence-corrected chi connectivity index (χ4v) is 1.63. The van der Waals surface area contributed by atoms with E-state index < -0.39 is 5.54 Å². The van der Waals surface area contributed by atoms with Gasteiger partial charge in [-0.3, -0.25) is 9.69 Å². The van der Waals surface area contributed by atoms with Gasteiger partial charge in [-0.15, -0.1) is 0 Å². The van der Waals surface area contributed by atoms with Crippen LogP contribution in [0.25, 0.3) is 0 Å². The molecule has 1 unspecified atom stereocenters. The van der Waals surface area contributed by atoms with Crippen LogP contribution < -0.4 is 5.32 Å². The van der Waals surface area contributed by atoms with Gasteiger partial charge >= 0.3 is 6.03 Å². The number of rotatable bonds is 3. The van der Waals surface area contributed by atoms with Crippen LogP contribution in [0.2, 0.25) is 0 Å². The molecule has 1 atom stereocenters. The number of urea groups is 1. The molecular weight excluding hydrogens is 236 g/mol. The summed E-state index contributed by atoms with van der Waals surface area (Å²) in [5.41, 5.74) is -0.695. The van der Waals surface area contributed by atoms with Gasteiger partial charge in [-0.1, -0.05) is 22.9 Å². The molecule has 0 aromatic heterocycles. The van der Waals surface area contributed by atoms with Crippen LogP contribution in [-0.2, 0) is 4.79 Å². The van der Waals surface area contributed by atoms with Crippen molar-refractivity contribution in [1.82, 2.24) is 10.2 Å². The van der Waals surface area contributed by atoms with Crippen LogP contribution in [0.1, 0.15) is 20.3 Å². The molecule has 1 heterocycles. The first kappa shape index (κ1) is 10.5. The number of carbonyl (C=O) groups is 2. The standard InChI is InChI=1S/C8H13BrN2O2/c1-3-8(2)6(12)11(5-4-9)7(13)10-8/h3-5H2,1-2H3,(H,10,13). The molecule has 3 amide bonds. The van der Waals surface area contributed by atoms with E-state index in [4.69, 9.17) is 0 Å². The van der Waals surface area contributed by atoms with Gasteiger partial charge in [-0.05, 0) is 13.3 Å². The third-order valence-corrected chi connectivity index (χ3v) is 2.72. The summed E-state index contributed by atoms with van der Waals surface area (Å²) in [6.07, 6.45) is 0.621. The molecular formula is C8H13BrN2O2. The molecule has 0 bridgehead atoms. The topological polar surface area (TPSA) is 49.4 Å². The summed E-state index contributed by atoms with van der Waals surface area (Å²) in [6, 6.07) is -0.284. The monoisotopic (exact) mass is 248 g/mol. The molecule has 0 aliphatic carbocycles. The molecule has 1 aliphatic rings. The van der Waals surface area contributed by atoms with E-state index in [1.165, 1.54) is 4.90 Å². The SMILES string of the molecule is CCC1(C)NC(=O)N(CCBr)C1=O.